The largest absolute Gasteiger partial charge is 0.429 e. The molecule has 0 bridgehead atoms. The molecule has 9 heteroatoms. The van der Waals surface area contributed by atoms with Crippen LogP contribution in [0.25, 0.3) is 32.7 Å². The van der Waals surface area contributed by atoms with Gasteiger partial charge in [-0.15, -0.1) is 0 Å². The fraction of sp³-hybridized carbons (Fsp3) is 0.133. The Morgan fingerprint density at radius 3 is 2.00 bits per heavy atom. The van der Waals surface area contributed by atoms with Gasteiger partial charge in [0.25, 0.3) is 0 Å². The first-order valence-corrected chi connectivity index (χ1v) is 11.9. The maximum absolute atomic E-state index is 15.3. The number of benzene rings is 5. The van der Waals surface area contributed by atoms with Crippen molar-refractivity contribution in [1.29, 1.82) is 0 Å². The highest BCUT2D eigenvalue weighted by Gasteiger charge is 2.40. The number of ether oxygens (including phenoxy) is 1. The molecule has 5 aromatic rings. The molecule has 0 aliphatic rings. The average Bonchev–Trinajstić information content (AvgIpc) is 2.88. The van der Waals surface area contributed by atoms with Crippen molar-refractivity contribution >= 4 is 21.5 Å². The molecular weight excluding hydrogens is 528 g/mol. The second-order valence-electron chi connectivity index (χ2n) is 9.01. The summed E-state index contributed by atoms with van der Waals surface area (Å²) >= 11 is 0. The molecule has 0 atom stereocenters. The minimum atomic E-state index is -4.55. The zero-order valence-corrected chi connectivity index (χ0v) is 20.2. The van der Waals surface area contributed by atoms with Gasteiger partial charge < -0.3 is 4.74 Å². The summed E-state index contributed by atoms with van der Waals surface area (Å²) < 4.78 is 122. The van der Waals surface area contributed by atoms with Crippen molar-refractivity contribution in [2.75, 3.05) is 0 Å². The van der Waals surface area contributed by atoms with Crippen LogP contribution in [0, 0.1) is 34.9 Å². The fourth-order valence-electron chi connectivity index (χ4n) is 4.54. The molecule has 1 nitrogen and oxygen atoms in total. The third-order valence-corrected chi connectivity index (χ3v) is 6.42. The van der Waals surface area contributed by atoms with Gasteiger partial charge in [0.15, 0.2) is 23.3 Å². The van der Waals surface area contributed by atoms with Crippen molar-refractivity contribution < 1.29 is 39.9 Å². The number of rotatable bonds is 6. The predicted octanol–water partition coefficient (Wildman–Crippen LogP) is 9.58. The van der Waals surface area contributed by atoms with Crippen LogP contribution in [0.4, 0.5) is 35.1 Å². The lowest BCUT2D eigenvalue weighted by atomic mass is 9.97. The number of fused-ring (bicyclic) bond motifs is 2. The van der Waals surface area contributed by atoms with Gasteiger partial charge in [-0.05, 0) is 46.5 Å². The Hall–Kier alpha value is -4.14. The van der Waals surface area contributed by atoms with E-state index in [1.165, 1.54) is 12.1 Å². The highest BCUT2D eigenvalue weighted by Crippen LogP contribution is 2.40. The molecule has 0 saturated carbocycles. The van der Waals surface area contributed by atoms with E-state index >= 15 is 17.6 Å². The molecule has 0 radical (unpaired) electrons. The summed E-state index contributed by atoms with van der Waals surface area (Å²) in [6, 6.07) is 12.6. The van der Waals surface area contributed by atoms with E-state index in [-0.39, 0.29) is 16.3 Å². The third kappa shape index (κ3) is 4.66. The molecule has 0 saturated heterocycles. The molecule has 0 fully saturated rings. The van der Waals surface area contributed by atoms with Crippen LogP contribution >= 0.6 is 0 Å². The molecule has 0 N–H and O–H groups in total. The lowest BCUT2D eigenvalue weighted by Gasteiger charge is -2.20. The lowest BCUT2D eigenvalue weighted by Crippen LogP contribution is -2.24. The summed E-state index contributed by atoms with van der Waals surface area (Å²) in [7, 11) is 0. The molecule has 0 aliphatic heterocycles. The van der Waals surface area contributed by atoms with Crippen LogP contribution < -0.4 is 4.74 Å². The Labute approximate surface area is 217 Å². The molecule has 0 aliphatic carbocycles. The van der Waals surface area contributed by atoms with Crippen molar-refractivity contribution in [2.24, 2.45) is 0 Å². The van der Waals surface area contributed by atoms with E-state index in [2.05, 4.69) is 4.74 Å². The monoisotopic (exact) mass is 546 g/mol. The molecule has 200 valence electrons. The molecule has 0 heterocycles. The van der Waals surface area contributed by atoms with Crippen LogP contribution in [0.2, 0.25) is 0 Å². The number of alkyl halides is 2. The Morgan fingerprint density at radius 2 is 1.31 bits per heavy atom. The van der Waals surface area contributed by atoms with E-state index < -0.39 is 63.1 Å². The number of aryl methyl sites for hydroxylation is 1. The van der Waals surface area contributed by atoms with E-state index in [1.54, 1.807) is 24.3 Å². The van der Waals surface area contributed by atoms with Gasteiger partial charge in [-0.3, -0.25) is 0 Å². The molecular formula is C30H18F8O. The van der Waals surface area contributed by atoms with Crippen LogP contribution in [0.5, 0.6) is 5.75 Å². The molecule has 39 heavy (non-hydrogen) atoms. The number of halogens is 8. The molecule has 5 aromatic carbocycles. The average molecular weight is 546 g/mol. The topological polar surface area (TPSA) is 9.23 Å². The minimum absolute atomic E-state index is 0.0464. The maximum atomic E-state index is 15.3. The van der Waals surface area contributed by atoms with Crippen LogP contribution in [-0.2, 0) is 12.5 Å². The van der Waals surface area contributed by atoms with Crippen molar-refractivity contribution in [1.82, 2.24) is 0 Å². The number of hydrogen-bond donors (Lipinski definition) is 0. The van der Waals surface area contributed by atoms with Crippen LogP contribution in [0.1, 0.15) is 24.5 Å². The summed E-state index contributed by atoms with van der Waals surface area (Å²) in [6.45, 7) is 2.00. The van der Waals surface area contributed by atoms with Gasteiger partial charge in [0.05, 0.1) is 10.8 Å². The Bertz CT molecular complexity index is 1730. The second kappa shape index (κ2) is 9.87. The first-order valence-electron chi connectivity index (χ1n) is 11.9. The highest BCUT2D eigenvalue weighted by molar-refractivity contribution is 5.90. The Morgan fingerprint density at radius 1 is 0.641 bits per heavy atom. The van der Waals surface area contributed by atoms with Crippen molar-refractivity contribution in [3.8, 4) is 16.9 Å². The van der Waals surface area contributed by atoms with E-state index in [1.807, 2.05) is 6.92 Å². The van der Waals surface area contributed by atoms with Crippen molar-refractivity contribution in [2.45, 2.75) is 25.9 Å². The summed E-state index contributed by atoms with van der Waals surface area (Å²) in [5, 5.41) is -2.28. The van der Waals surface area contributed by atoms with E-state index in [0.29, 0.717) is 23.8 Å². The van der Waals surface area contributed by atoms with Gasteiger partial charge in [-0.1, -0.05) is 55.8 Å². The van der Waals surface area contributed by atoms with Crippen molar-refractivity contribution in [3.63, 3.8) is 0 Å². The Balaban J connectivity index is 1.55. The quantitative estimate of drug-likeness (QED) is 0.193. The zero-order valence-electron chi connectivity index (χ0n) is 20.2. The normalized spacial score (nSPS) is 11.9. The van der Waals surface area contributed by atoms with Crippen LogP contribution in [0.3, 0.4) is 0 Å². The molecule has 0 unspecified atom stereocenters. The predicted molar refractivity (Wildman–Crippen MR) is 132 cm³/mol. The van der Waals surface area contributed by atoms with E-state index in [9.17, 15) is 17.6 Å². The zero-order chi connectivity index (χ0) is 28.1. The Kier molecular flexibility index (Phi) is 6.70. The van der Waals surface area contributed by atoms with Gasteiger partial charge in [0.2, 0.25) is 0 Å². The summed E-state index contributed by atoms with van der Waals surface area (Å²) in [5.74, 6) is -10.2. The highest BCUT2D eigenvalue weighted by atomic mass is 19.3. The summed E-state index contributed by atoms with van der Waals surface area (Å²) in [4.78, 5) is 0. The fourth-order valence-corrected chi connectivity index (χ4v) is 4.54. The van der Waals surface area contributed by atoms with E-state index in [0.717, 1.165) is 30.5 Å². The first-order chi connectivity index (χ1) is 18.5. The second-order valence-corrected chi connectivity index (χ2v) is 9.01. The molecule has 0 aromatic heterocycles. The van der Waals surface area contributed by atoms with Gasteiger partial charge >= 0.3 is 6.11 Å². The maximum Gasteiger partial charge on any atom is 0.429 e. The smallest absolute Gasteiger partial charge is 0.429 e. The van der Waals surface area contributed by atoms with Gasteiger partial charge in [-0.2, -0.15) is 8.78 Å². The third-order valence-electron chi connectivity index (χ3n) is 6.42. The van der Waals surface area contributed by atoms with Gasteiger partial charge in [-0.25, -0.2) is 26.3 Å². The SMILES string of the molecule is CCCc1ccc(-c2ccc3cc(C(F)(F)Oc4cc(F)c5c(F)c(F)ccc5c4)c(F)c(F)c3c2F)cc1. The molecule has 0 spiro atoms. The van der Waals surface area contributed by atoms with Crippen LogP contribution in [0.15, 0.2) is 66.7 Å². The first kappa shape index (κ1) is 26.5. The standard InChI is InChI=1S/C30H18F8O/c1-2-3-15-4-6-16(7-5-15)20-10-8-18-13-21(27(34)29(36)25(18)26(20)33)30(37,38)39-19-12-17-9-11-22(31)28(35)24(17)23(32)14-19/h4-14H,2-3H2,1H3. The van der Waals surface area contributed by atoms with E-state index in [4.69, 9.17) is 0 Å². The number of hydrogen-bond acceptors (Lipinski definition) is 1. The summed E-state index contributed by atoms with van der Waals surface area (Å²) in [6.07, 6.45) is -2.85. The van der Waals surface area contributed by atoms with Gasteiger partial charge in [0, 0.05) is 11.6 Å². The van der Waals surface area contributed by atoms with Gasteiger partial charge in [0.1, 0.15) is 22.9 Å². The van der Waals surface area contributed by atoms with Crippen molar-refractivity contribution in [3.05, 3.63) is 113 Å². The van der Waals surface area contributed by atoms with Crippen LogP contribution in [-0.4, -0.2) is 0 Å². The molecule has 5 rings (SSSR count). The molecule has 0 amide bonds. The minimum Gasteiger partial charge on any atom is -0.429 e. The lowest BCUT2D eigenvalue weighted by molar-refractivity contribution is -0.187. The summed E-state index contributed by atoms with van der Waals surface area (Å²) in [5.41, 5.74) is -0.208.